The summed E-state index contributed by atoms with van der Waals surface area (Å²) in [5.74, 6) is 1.85. The van der Waals surface area contributed by atoms with Crippen LogP contribution in [0.2, 0.25) is 0 Å². The molecule has 88 valence electrons. The van der Waals surface area contributed by atoms with E-state index in [2.05, 4.69) is 31.2 Å². The van der Waals surface area contributed by atoms with Crippen molar-refractivity contribution in [2.45, 2.75) is 43.5 Å². The van der Waals surface area contributed by atoms with Gasteiger partial charge in [0.2, 0.25) is 0 Å². The maximum absolute atomic E-state index is 6.32. The van der Waals surface area contributed by atoms with Crippen molar-refractivity contribution in [1.29, 1.82) is 0 Å². The summed E-state index contributed by atoms with van der Waals surface area (Å²) in [5, 5.41) is 0. The molecule has 1 aliphatic rings. The van der Waals surface area contributed by atoms with Gasteiger partial charge in [-0.3, -0.25) is 0 Å². The second-order valence-electron chi connectivity index (χ2n) is 4.57. The van der Waals surface area contributed by atoms with Gasteiger partial charge in [0.05, 0.1) is 0 Å². The van der Waals surface area contributed by atoms with Crippen molar-refractivity contribution in [2.24, 2.45) is 11.7 Å². The molecular weight excluding hydrogens is 214 g/mol. The van der Waals surface area contributed by atoms with Crippen molar-refractivity contribution < 1.29 is 0 Å². The second kappa shape index (κ2) is 5.74. The molecule has 2 rings (SSSR count). The highest BCUT2D eigenvalue weighted by Gasteiger charge is 2.22. The van der Waals surface area contributed by atoms with E-state index in [1.54, 1.807) is 0 Å². The normalized spacial score (nSPS) is 18.9. The SMILES string of the molecule is CCSc1ccc(C(N)C2CCCC2)cc1. The van der Waals surface area contributed by atoms with Crippen LogP contribution in [0.5, 0.6) is 0 Å². The summed E-state index contributed by atoms with van der Waals surface area (Å²) in [7, 11) is 0. The monoisotopic (exact) mass is 235 g/mol. The van der Waals surface area contributed by atoms with Gasteiger partial charge in [-0.25, -0.2) is 0 Å². The van der Waals surface area contributed by atoms with E-state index in [1.807, 2.05) is 11.8 Å². The fourth-order valence-electron chi connectivity index (χ4n) is 2.54. The Hall–Kier alpha value is -0.470. The average molecular weight is 235 g/mol. The Morgan fingerprint density at radius 1 is 1.25 bits per heavy atom. The topological polar surface area (TPSA) is 26.0 Å². The Labute approximate surface area is 103 Å². The predicted octanol–water partition coefficient (Wildman–Crippen LogP) is 3.99. The lowest BCUT2D eigenvalue weighted by Gasteiger charge is -2.19. The van der Waals surface area contributed by atoms with Crippen LogP contribution in [0.3, 0.4) is 0 Å². The van der Waals surface area contributed by atoms with Crippen LogP contribution in [0.4, 0.5) is 0 Å². The lowest BCUT2D eigenvalue weighted by Crippen LogP contribution is -2.18. The zero-order valence-electron chi connectivity index (χ0n) is 9.99. The zero-order chi connectivity index (χ0) is 11.4. The van der Waals surface area contributed by atoms with Gasteiger partial charge in [0.15, 0.2) is 0 Å². The smallest absolute Gasteiger partial charge is 0.0323 e. The van der Waals surface area contributed by atoms with Crippen molar-refractivity contribution in [2.75, 3.05) is 5.75 Å². The van der Waals surface area contributed by atoms with Crippen LogP contribution in [-0.2, 0) is 0 Å². The summed E-state index contributed by atoms with van der Waals surface area (Å²) in [6.45, 7) is 2.18. The molecule has 1 aromatic rings. The molecule has 1 fully saturated rings. The van der Waals surface area contributed by atoms with E-state index in [4.69, 9.17) is 5.73 Å². The molecule has 1 atom stereocenters. The number of nitrogens with two attached hydrogens (primary N) is 1. The zero-order valence-corrected chi connectivity index (χ0v) is 10.8. The molecule has 1 saturated carbocycles. The van der Waals surface area contributed by atoms with Gasteiger partial charge in [-0.05, 0) is 42.2 Å². The molecule has 0 spiro atoms. The molecule has 1 nitrogen and oxygen atoms in total. The van der Waals surface area contributed by atoms with Crippen LogP contribution >= 0.6 is 11.8 Å². The van der Waals surface area contributed by atoms with E-state index in [9.17, 15) is 0 Å². The van der Waals surface area contributed by atoms with Gasteiger partial charge in [0, 0.05) is 10.9 Å². The maximum atomic E-state index is 6.32. The number of thioether (sulfide) groups is 1. The van der Waals surface area contributed by atoms with Crippen LogP contribution < -0.4 is 5.73 Å². The minimum atomic E-state index is 0.253. The van der Waals surface area contributed by atoms with Gasteiger partial charge in [0.25, 0.3) is 0 Å². The molecule has 1 aliphatic carbocycles. The highest BCUT2D eigenvalue weighted by Crippen LogP contribution is 2.34. The molecule has 2 N–H and O–H groups in total. The van der Waals surface area contributed by atoms with E-state index in [0.717, 1.165) is 5.75 Å². The molecule has 16 heavy (non-hydrogen) atoms. The quantitative estimate of drug-likeness (QED) is 0.799. The van der Waals surface area contributed by atoms with Gasteiger partial charge in [-0.2, -0.15) is 0 Å². The number of benzene rings is 1. The highest BCUT2D eigenvalue weighted by molar-refractivity contribution is 7.99. The van der Waals surface area contributed by atoms with Crippen molar-refractivity contribution >= 4 is 11.8 Å². The maximum Gasteiger partial charge on any atom is 0.0323 e. The minimum Gasteiger partial charge on any atom is -0.324 e. The van der Waals surface area contributed by atoms with Crippen LogP contribution in [0.15, 0.2) is 29.2 Å². The molecule has 0 bridgehead atoms. The van der Waals surface area contributed by atoms with Crippen LogP contribution in [0.1, 0.15) is 44.2 Å². The fourth-order valence-corrected chi connectivity index (χ4v) is 3.20. The van der Waals surface area contributed by atoms with Crippen molar-refractivity contribution in [1.82, 2.24) is 0 Å². The minimum absolute atomic E-state index is 0.253. The molecule has 0 saturated heterocycles. The van der Waals surface area contributed by atoms with E-state index in [0.29, 0.717) is 5.92 Å². The van der Waals surface area contributed by atoms with Gasteiger partial charge in [-0.15, -0.1) is 11.8 Å². The summed E-state index contributed by atoms with van der Waals surface area (Å²) in [6.07, 6.45) is 5.35. The van der Waals surface area contributed by atoms with Gasteiger partial charge in [0.1, 0.15) is 0 Å². The summed E-state index contributed by atoms with van der Waals surface area (Å²) < 4.78 is 0. The van der Waals surface area contributed by atoms with Crippen LogP contribution in [0, 0.1) is 5.92 Å². The number of hydrogen-bond acceptors (Lipinski definition) is 2. The standard InChI is InChI=1S/C14H21NS/c1-2-16-13-9-7-12(8-10-13)14(15)11-5-3-4-6-11/h7-11,14H,2-6,15H2,1H3. The fraction of sp³-hybridized carbons (Fsp3) is 0.571. The summed E-state index contributed by atoms with van der Waals surface area (Å²) in [6, 6.07) is 9.08. The summed E-state index contributed by atoms with van der Waals surface area (Å²) in [5.41, 5.74) is 7.63. The molecular formula is C14H21NS. The molecule has 0 aromatic heterocycles. The third-order valence-electron chi connectivity index (χ3n) is 3.48. The lowest BCUT2D eigenvalue weighted by atomic mass is 9.93. The Bertz CT molecular complexity index is 314. The average Bonchev–Trinajstić information content (AvgIpc) is 2.83. The third-order valence-corrected chi connectivity index (χ3v) is 4.38. The number of rotatable bonds is 4. The largest absolute Gasteiger partial charge is 0.324 e. The van der Waals surface area contributed by atoms with E-state index in [-0.39, 0.29) is 6.04 Å². The van der Waals surface area contributed by atoms with Gasteiger partial charge >= 0.3 is 0 Å². The van der Waals surface area contributed by atoms with Crippen LogP contribution in [0.25, 0.3) is 0 Å². The summed E-state index contributed by atoms with van der Waals surface area (Å²) in [4.78, 5) is 1.35. The molecule has 0 radical (unpaired) electrons. The van der Waals surface area contributed by atoms with Crippen molar-refractivity contribution in [3.8, 4) is 0 Å². The molecule has 0 amide bonds. The first-order valence-corrected chi connectivity index (χ1v) is 7.28. The van der Waals surface area contributed by atoms with Crippen molar-refractivity contribution in [3.05, 3.63) is 29.8 Å². The molecule has 0 heterocycles. The van der Waals surface area contributed by atoms with E-state index < -0.39 is 0 Å². The predicted molar refractivity (Wildman–Crippen MR) is 71.7 cm³/mol. The third kappa shape index (κ3) is 2.80. The van der Waals surface area contributed by atoms with Gasteiger partial charge < -0.3 is 5.73 Å². The molecule has 1 aromatic carbocycles. The van der Waals surface area contributed by atoms with Gasteiger partial charge in [-0.1, -0.05) is 31.9 Å². The Morgan fingerprint density at radius 3 is 2.44 bits per heavy atom. The molecule has 2 heteroatoms. The summed E-state index contributed by atoms with van der Waals surface area (Å²) >= 11 is 1.89. The molecule has 0 aliphatic heterocycles. The first kappa shape index (κ1) is 12.0. The first-order valence-electron chi connectivity index (χ1n) is 6.29. The Kier molecular flexibility index (Phi) is 4.30. The Balaban J connectivity index is 2.02. The second-order valence-corrected chi connectivity index (χ2v) is 5.91. The number of hydrogen-bond donors (Lipinski definition) is 1. The van der Waals surface area contributed by atoms with Crippen LogP contribution in [-0.4, -0.2) is 5.75 Å². The van der Waals surface area contributed by atoms with E-state index in [1.165, 1.54) is 36.1 Å². The molecule has 1 unspecified atom stereocenters. The highest BCUT2D eigenvalue weighted by atomic mass is 32.2. The van der Waals surface area contributed by atoms with Crippen molar-refractivity contribution in [3.63, 3.8) is 0 Å². The first-order chi connectivity index (χ1) is 7.81. The Morgan fingerprint density at radius 2 is 1.88 bits per heavy atom. The van der Waals surface area contributed by atoms with E-state index >= 15 is 0 Å². The lowest BCUT2D eigenvalue weighted by molar-refractivity contribution is 0.445.